The minimum absolute atomic E-state index is 0.0268. The maximum atomic E-state index is 8.56. The molecule has 1 aliphatic heterocycles. The van der Waals surface area contributed by atoms with Crippen molar-refractivity contribution >= 4 is 0 Å². The summed E-state index contributed by atoms with van der Waals surface area (Å²) in [4.78, 5) is 2.05. The van der Waals surface area contributed by atoms with Gasteiger partial charge in [0.05, 0.1) is 0 Å². The maximum absolute atomic E-state index is 8.56. The van der Waals surface area contributed by atoms with Crippen LogP contribution in [-0.4, -0.2) is 44.9 Å². The summed E-state index contributed by atoms with van der Waals surface area (Å²) in [6.07, 6.45) is 3.83. The van der Waals surface area contributed by atoms with Crippen molar-refractivity contribution in [2.45, 2.75) is 18.9 Å². The first-order valence-corrected chi connectivity index (χ1v) is 5.01. The van der Waals surface area contributed by atoms with E-state index in [1.807, 2.05) is 14.1 Å². The number of rotatable bonds is 4. The predicted octanol–water partition coefficient (Wildman–Crippen LogP) is 0.841. The van der Waals surface area contributed by atoms with Gasteiger partial charge in [-0.05, 0) is 26.9 Å². The van der Waals surface area contributed by atoms with Crippen LogP contribution in [0.25, 0.3) is 0 Å². The van der Waals surface area contributed by atoms with Gasteiger partial charge < -0.3 is 14.4 Å². The topological polar surface area (TPSA) is 45.5 Å². The Morgan fingerprint density at radius 3 is 2.64 bits per heavy atom. The highest BCUT2D eigenvalue weighted by Gasteiger charge is 2.25. The van der Waals surface area contributed by atoms with Crippen LogP contribution in [0, 0.1) is 17.4 Å². The molecule has 0 aromatic heterocycles. The predicted molar refractivity (Wildman–Crippen MR) is 52.6 cm³/mol. The molecule has 0 aromatic carbocycles. The Morgan fingerprint density at radius 2 is 2.14 bits per heavy atom. The molecular weight excluding hydrogens is 180 g/mol. The number of ether oxygens (including phenoxy) is 2. The summed E-state index contributed by atoms with van der Waals surface area (Å²) >= 11 is 0. The van der Waals surface area contributed by atoms with Crippen molar-refractivity contribution in [3.63, 3.8) is 0 Å². The Kier molecular flexibility index (Phi) is 4.71. The first-order valence-electron chi connectivity index (χ1n) is 5.01. The van der Waals surface area contributed by atoms with Crippen LogP contribution in [0.2, 0.25) is 0 Å². The monoisotopic (exact) mass is 198 g/mol. The van der Waals surface area contributed by atoms with Crippen LogP contribution in [-0.2, 0) is 9.47 Å². The average Bonchev–Trinajstić information content (AvgIpc) is 2.18. The molecule has 1 saturated heterocycles. The molecule has 0 saturated carbocycles. The molecule has 0 amide bonds. The van der Waals surface area contributed by atoms with Gasteiger partial charge in [-0.15, -0.1) is 0 Å². The Labute approximate surface area is 85.4 Å². The fourth-order valence-electron chi connectivity index (χ4n) is 1.80. The second-order valence-electron chi connectivity index (χ2n) is 3.96. The molecule has 0 unspecified atom stereocenters. The van der Waals surface area contributed by atoms with E-state index in [9.17, 15) is 0 Å². The van der Waals surface area contributed by atoms with Crippen LogP contribution >= 0.6 is 0 Å². The number of likely N-dealkylation sites (N-methyl/N-ethyl adjacent to an activating group) is 1. The van der Waals surface area contributed by atoms with E-state index >= 15 is 0 Å². The summed E-state index contributed by atoms with van der Waals surface area (Å²) < 4.78 is 10.4. The number of hydrogen-bond donors (Lipinski definition) is 0. The summed E-state index contributed by atoms with van der Waals surface area (Å²) in [7, 11) is 3.99. The van der Waals surface area contributed by atoms with Crippen LogP contribution in [0.1, 0.15) is 12.8 Å². The van der Waals surface area contributed by atoms with E-state index in [2.05, 4.69) is 4.90 Å². The molecular formula is C10H18N2O2. The standard InChI is InChI=1S/C10H18N2O2/c1-12(2)7-10(14-8-11)9-3-5-13-6-4-9/h9-10H,3-7H2,1-2H3/t10-/m1/s1. The van der Waals surface area contributed by atoms with Gasteiger partial charge in [-0.2, -0.15) is 5.26 Å². The van der Waals surface area contributed by atoms with Crippen LogP contribution in [0.15, 0.2) is 0 Å². The fraction of sp³-hybridized carbons (Fsp3) is 0.900. The Morgan fingerprint density at radius 1 is 1.50 bits per heavy atom. The van der Waals surface area contributed by atoms with Crippen molar-refractivity contribution in [1.29, 1.82) is 5.26 Å². The minimum atomic E-state index is 0.0268. The molecule has 0 aliphatic carbocycles. The van der Waals surface area contributed by atoms with Crippen molar-refractivity contribution in [3.05, 3.63) is 0 Å². The quantitative estimate of drug-likeness (QED) is 0.628. The zero-order valence-electron chi connectivity index (χ0n) is 8.90. The average molecular weight is 198 g/mol. The Bertz CT molecular complexity index is 195. The summed E-state index contributed by atoms with van der Waals surface area (Å²) in [5.41, 5.74) is 0. The smallest absolute Gasteiger partial charge is 0.286 e. The van der Waals surface area contributed by atoms with Crippen molar-refractivity contribution in [2.75, 3.05) is 33.9 Å². The Balaban J connectivity index is 2.43. The zero-order chi connectivity index (χ0) is 10.4. The van der Waals surface area contributed by atoms with E-state index in [-0.39, 0.29) is 6.10 Å². The number of hydrogen-bond acceptors (Lipinski definition) is 4. The third-order valence-corrected chi connectivity index (χ3v) is 2.54. The third kappa shape index (κ3) is 3.52. The molecule has 1 fully saturated rings. The summed E-state index contributed by atoms with van der Waals surface area (Å²) in [5.74, 6) is 0.464. The van der Waals surface area contributed by atoms with E-state index < -0.39 is 0 Å². The van der Waals surface area contributed by atoms with Gasteiger partial charge in [-0.3, -0.25) is 0 Å². The van der Waals surface area contributed by atoms with Crippen molar-refractivity contribution in [1.82, 2.24) is 4.90 Å². The van der Waals surface area contributed by atoms with E-state index in [1.54, 1.807) is 6.26 Å². The van der Waals surface area contributed by atoms with E-state index in [1.165, 1.54) is 0 Å². The van der Waals surface area contributed by atoms with Crippen LogP contribution in [0.5, 0.6) is 0 Å². The Hall–Kier alpha value is -0.790. The first kappa shape index (κ1) is 11.3. The molecule has 1 aliphatic rings. The van der Waals surface area contributed by atoms with Crippen LogP contribution in [0.4, 0.5) is 0 Å². The lowest BCUT2D eigenvalue weighted by atomic mass is 9.93. The molecule has 1 atom stereocenters. The van der Waals surface area contributed by atoms with Gasteiger partial charge >= 0.3 is 0 Å². The third-order valence-electron chi connectivity index (χ3n) is 2.54. The SMILES string of the molecule is CN(C)C[C@@H](OC#N)C1CCOCC1. The summed E-state index contributed by atoms with van der Waals surface area (Å²) in [6, 6.07) is 0. The number of nitrogens with zero attached hydrogens (tertiary/aromatic N) is 2. The molecule has 1 rings (SSSR count). The van der Waals surface area contributed by atoms with Crippen molar-refractivity contribution < 1.29 is 9.47 Å². The molecule has 1 heterocycles. The second-order valence-corrected chi connectivity index (χ2v) is 3.96. The molecule has 14 heavy (non-hydrogen) atoms. The fourth-order valence-corrected chi connectivity index (χ4v) is 1.80. The molecule has 0 N–H and O–H groups in total. The lowest BCUT2D eigenvalue weighted by Gasteiger charge is -2.29. The maximum Gasteiger partial charge on any atom is 0.286 e. The van der Waals surface area contributed by atoms with Gasteiger partial charge in [0.15, 0.2) is 0 Å². The van der Waals surface area contributed by atoms with Gasteiger partial charge in [0, 0.05) is 25.7 Å². The van der Waals surface area contributed by atoms with E-state index in [0.29, 0.717) is 5.92 Å². The van der Waals surface area contributed by atoms with Gasteiger partial charge in [-0.1, -0.05) is 0 Å². The van der Waals surface area contributed by atoms with Gasteiger partial charge in [0.2, 0.25) is 0 Å². The molecule has 0 radical (unpaired) electrons. The zero-order valence-corrected chi connectivity index (χ0v) is 8.90. The second kappa shape index (κ2) is 5.84. The molecule has 0 aromatic rings. The van der Waals surface area contributed by atoms with Crippen LogP contribution < -0.4 is 0 Å². The van der Waals surface area contributed by atoms with Gasteiger partial charge in [-0.25, -0.2) is 0 Å². The highest BCUT2D eigenvalue weighted by molar-refractivity contribution is 4.77. The highest BCUT2D eigenvalue weighted by atomic mass is 16.5. The largest absolute Gasteiger partial charge is 0.423 e. The van der Waals surface area contributed by atoms with Crippen molar-refractivity contribution in [3.8, 4) is 6.26 Å². The van der Waals surface area contributed by atoms with Crippen LogP contribution in [0.3, 0.4) is 0 Å². The lowest BCUT2D eigenvalue weighted by molar-refractivity contribution is -0.00242. The number of nitriles is 1. The van der Waals surface area contributed by atoms with E-state index in [0.717, 1.165) is 32.6 Å². The lowest BCUT2D eigenvalue weighted by Crippen LogP contribution is -2.36. The molecule has 0 spiro atoms. The normalized spacial score (nSPS) is 20.4. The van der Waals surface area contributed by atoms with Gasteiger partial charge in [0.25, 0.3) is 6.26 Å². The molecule has 4 nitrogen and oxygen atoms in total. The minimum Gasteiger partial charge on any atom is -0.423 e. The molecule has 80 valence electrons. The van der Waals surface area contributed by atoms with Gasteiger partial charge in [0.1, 0.15) is 6.10 Å². The summed E-state index contributed by atoms with van der Waals surface area (Å²) in [5, 5.41) is 8.56. The van der Waals surface area contributed by atoms with E-state index in [4.69, 9.17) is 14.7 Å². The summed E-state index contributed by atoms with van der Waals surface area (Å²) in [6.45, 7) is 2.39. The van der Waals surface area contributed by atoms with Crippen molar-refractivity contribution in [2.24, 2.45) is 5.92 Å². The molecule has 4 heteroatoms. The molecule has 0 bridgehead atoms. The first-order chi connectivity index (χ1) is 6.74. The highest BCUT2D eigenvalue weighted by Crippen LogP contribution is 2.21.